The van der Waals surface area contributed by atoms with Crippen molar-refractivity contribution >= 4 is 5.97 Å². The number of hydrogen-bond donors (Lipinski definition) is 1. The topological polar surface area (TPSA) is 71.6 Å². The standard InChI is InChI=1S/C2H2O5/c3-1(5-4)2-6-7-2/h2,4H. The second kappa shape index (κ2) is 1.45. The SMILES string of the molecule is O=C(OO)C1OO1. The van der Waals surface area contributed by atoms with Crippen LogP contribution in [0.15, 0.2) is 0 Å². The van der Waals surface area contributed by atoms with Crippen LogP contribution < -0.4 is 0 Å². The maximum atomic E-state index is 9.85. The molecule has 0 saturated carbocycles. The van der Waals surface area contributed by atoms with Crippen LogP contribution in [0.4, 0.5) is 0 Å². The molecule has 1 aliphatic heterocycles. The van der Waals surface area contributed by atoms with Gasteiger partial charge in [0.2, 0.25) is 0 Å². The van der Waals surface area contributed by atoms with Gasteiger partial charge in [-0.3, -0.25) is 4.89 Å². The number of carbonyl (C=O) groups excluding carboxylic acids is 1. The Hall–Kier alpha value is -0.650. The lowest BCUT2D eigenvalue weighted by molar-refractivity contribution is -0.236. The predicted molar refractivity (Wildman–Crippen MR) is 14.7 cm³/mol. The highest BCUT2D eigenvalue weighted by atomic mass is 17.4. The molecule has 1 heterocycles. The monoisotopic (exact) mass is 106 g/mol. The first-order valence-corrected chi connectivity index (χ1v) is 1.52. The molecule has 0 bridgehead atoms. The molecule has 0 atom stereocenters. The smallest absolute Gasteiger partial charge is 0.295 e. The van der Waals surface area contributed by atoms with Gasteiger partial charge in [0.1, 0.15) is 0 Å². The highest BCUT2D eigenvalue weighted by Crippen LogP contribution is 2.11. The van der Waals surface area contributed by atoms with Gasteiger partial charge in [-0.15, -0.1) is 0 Å². The van der Waals surface area contributed by atoms with E-state index in [9.17, 15) is 4.79 Å². The summed E-state index contributed by atoms with van der Waals surface area (Å²) in [4.78, 5) is 20.9. The van der Waals surface area contributed by atoms with E-state index in [0.29, 0.717) is 0 Å². The zero-order valence-electron chi connectivity index (χ0n) is 3.16. The van der Waals surface area contributed by atoms with E-state index >= 15 is 0 Å². The van der Waals surface area contributed by atoms with Crippen molar-refractivity contribution in [1.29, 1.82) is 0 Å². The van der Waals surface area contributed by atoms with Gasteiger partial charge < -0.3 is 0 Å². The van der Waals surface area contributed by atoms with Crippen molar-refractivity contribution in [3.05, 3.63) is 0 Å². The highest BCUT2D eigenvalue weighted by Gasteiger charge is 2.37. The molecule has 0 amide bonds. The fourth-order valence-electron chi connectivity index (χ4n) is 0.149. The average molecular weight is 106 g/mol. The summed E-state index contributed by atoms with van der Waals surface area (Å²) in [6.07, 6.45) is -0.995. The van der Waals surface area contributed by atoms with Crippen LogP contribution in [0.1, 0.15) is 0 Å². The number of rotatable bonds is 1. The Morgan fingerprint density at radius 1 is 1.71 bits per heavy atom. The van der Waals surface area contributed by atoms with Crippen molar-refractivity contribution in [3.8, 4) is 0 Å². The van der Waals surface area contributed by atoms with Gasteiger partial charge in [-0.1, -0.05) is 0 Å². The van der Waals surface area contributed by atoms with Gasteiger partial charge in [0.25, 0.3) is 0 Å². The Balaban J connectivity index is 2.24. The van der Waals surface area contributed by atoms with E-state index in [4.69, 9.17) is 5.26 Å². The van der Waals surface area contributed by atoms with Crippen LogP contribution in [0.5, 0.6) is 0 Å². The van der Waals surface area contributed by atoms with Crippen molar-refractivity contribution in [2.24, 2.45) is 0 Å². The van der Waals surface area contributed by atoms with Gasteiger partial charge in [-0.05, 0) is 0 Å². The molecule has 1 saturated heterocycles. The second-order valence-electron chi connectivity index (χ2n) is 0.935. The van der Waals surface area contributed by atoms with Gasteiger partial charge in [0.05, 0.1) is 0 Å². The summed E-state index contributed by atoms with van der Waals surface area (Å²) >= 11 is 0. The first-order valence-electron chi connectivity index (χ1n) is 1.52. The van der Waals surface area contributed by atoms with E-state index < -0.39 is 12.3 Å². The van der Waals surface area contributed by atoms with Crippen LogP contribution in [0.2, 0.25) is 0 Å². The first kappa shape index (κ1) is 4.51. The maximum Gasteiger partial charge on any atom is 0.403 e. The molecule has 1 fully saturated rings. The molecule has 0 aromatic heterocycles. The first-order chi connectivity index (χ1) is 3.34. The molecule has 0 spiro atoms. The van der Waals surface area contributed by atoms with Gasteiger partial charge in [0.15, 0.2) is 0 Å². The lowest BCUT2D eigenvalue weighted by atomic mass is 10.7. The van der Waals surface area contributed by atoms with E-state index in [-0.39, 0.29) is 0 Å². The minimum atomic E-state index is -0.995. The second-order valence-corrected chi connectivity index (χ2v) is 0.935. The minimum absolute atomic E-state index is 0.931. The normalized spacial score (nSPS) is 19.0. The maximum absolute atomic E-state index is 9.85. The molecular formula is C2H2O5. The predicted octanol–water partition coefficient (Wildman–Crippen LogP) is -0.710. The average Bonchev–Trinajstić information content (AvgIpc) is 2.44. The quantitative estimate of drug-likeness (QED) is 0.271. The van der Waals surface area contributed by atoms with Gasteiger partial charge in [0, 0.05) is 0 Å². The third kappa shape index (κ3) is 0.861. The van der Waals surface area contributed by atoms with E-state index in [2.05, 4.69) is 14.7 Å². The van der Waals surface area contributed by atoms with Crippen molar-refractivity contribution in [1.82, 2.24) is 0 Å². The Morgan fingerprint density at radius 2 is 2.29 bits per heavy atom. The largest absolute Gasteiger partial charge is 0.403 e. The molecule has 7 heavy (non-hydrogen) atoms. The van der Waals surface area contributed by atoms with Crippen LogP contribution in [0, 0.1) is 0 Å². The Labute approximate surface area is 38.3 Å². The fraction of sp³-hybridized carbons (Fsp3) is 0.500. The molecule has 40 valence electrons. The molecule has 1 N–H and O–H groups in total. The van der Waals surface area contributed by atoms with E-state index in [1.165, 1.54) is 0 Å². The molecular weight excluding hydrogens is 104 g/mol. The van der Waals surface area contributed by atoms with E-state index in [0.717, 1.165) is 0 Å². The van der Waals surface area contributed by atoms with Crippen molar-refractivity contribution in [3.63, 3.8) is 0 Å². The summed E-state index contributed by atoms with van der Waals surface area (Å²) in [7, 11) is 0. The molecule has 1 aliphatic rings. The molecule has 0 radical (unpaired) electrons. The third-order valence-corrected chi connectivity index (χ3v) is 0.475. The summed E-state index contributed by atoms with van der Waals surface area (Å²) < 4.78 is 0. The van der Waals surface area contributed by atoms with Crippen LogP contribution in [-0.2, 0) is 19.5 Å². The number of carbonyl (C=O) groups is 1. The molecule has 1 rings (SSSR count). The summed E-state index contributed by atoms with van der Waals surface area (Å²) in [6, 6.07) is 0. The summed E-state index contributed by atoms with van der Waals surface area (Å²) in [5.74, 6) is -0.931. The Kier molecular flexibility index (Phi) is 0.935. The zero-order chi connectivity index (χ0) is 5.28. The third-order valence-electron chi connectivity index (χ3n) is 0.475. The summed E-state index contributed by atoms with van der Waals surface area (Å²) in [5.41, 5.74) is 0. The van der Waals surface area contributed by atoms with Crippen molar-refractivity contribution in [2.75, 3.05) is 0 Å². The lowest BCUT2D eigenvalue weighted by Gasteiger charge is -1.80. The van der Waals surface area contributed by atoms with E-state index in [1.807, 2.05) is 0 Å². The van der Waals surface area contributed by atoms with Crippen LogP contribution in [0.25, 0.3) is 0 Å². The van der Waals surface area contributed by atoms with E-state index in [1.54, 1.807) is 0 Å². The summed E-state index contributed by atoms with van der Waals surface area (Å²) in [6.45, 7) is 0. The van der Waals surface area contributed by atoms with Crippen LogP contribution in [-0.4, -0.2) is 17.5 Å². The lowest BCUT2D eigenvalue weighted by Crippen LogP contribution is -2.07. The Morgan fingerprint density at radius 3 is 2.43 bits per heavy atom. The molecule has 0 unspecified atom stereocenters. The molecule has 5 heteroatoms. The van der Waals surface area contributed by atoms with Crippen LogP contribution in [0.3, 0.4) is 0 Å². The molecule has 0 aliphatic carbocycles. The minimum Gasteiger partial charge on any atom is -0.295 e. The van der Waals surface area contributed by atoms with Gasteiger partial charge >= 0.3 is 12.3 Å². The fourth-order valence-corrected chi connectivity index (χ4v) is 0.149. The molecule has 0 aromatic carbocycles. The van der Waals surface area contributed by atoms with Gasteiger partial charge in [-0.2, -0.15) is 15.0 Å². The summed E-state index contributed by atoms with van der Waals surface area (Å²) in [5, 5.41) is 7.54. The van der Waals surface area contributed by atoms with Gasteiger partial charge in [-0.25, -0.2) is 4.79 Å². The number of hydrogen-bond acceptors (Lipinski definition) is 5. The Bertz CT molecular complexity index is 84.1. The zero-order valence-corrected chi connectivity index (χ0v) is 3.16. The van der Waals surface area contributed by atoms with Crippen molar-refractivity contribution in [2.45, 2.75) is 6.29 Å². The molecule has 0 aromatic rings. The van der Waals surface area contributed by atoms with Crippen LogP contribution >= 0.6 is 0 Å². The van der Waals surface area contributed by atoms with Crippen molar-refractivity contribution < 1.29 is 24.7 Å². The molecule has 5 nitrogen and oxygen atoms in total. The highest BCUT2D eigenvalue weighted by molar-refractivity contribution is 5.73.